The summed E-state index contributed by atoms with van der Waals surface area (Å²) < 4.78 is 1.88. The number of nitrogens with zero attached hydrogens (tertiary/aromatic N) is 2. The van der Waals surface area contributed by atoms with E-state index in [1.165, 1.54) is 6.07 Å². The van der Waals surface area contributed by atoms with Gasteiger partial charge in [-0.2, -0.15) is 0 Å². The van der Waals surface area contributed by atoms with Crippen LogP contribution in [0.25, 0.3) is 21.8 Å². The van der Waals surface area contributed by atoms with Crippen LogP contribution >= 0.6 is 0 Å². The first kappa shape index (κ1) is 9.84. The molecule has 3 aromatic rings. The quantitative estimate of drug-likeness (QED) is 0.646. The lowest BCUT2D eigenvalue weighted by molar-refractivity contribution is 0.477. The zero-order valence-corrected chi connectivity index (χ0v) is 9.21. The van der Waals surface area contributed by atoms with E-state index in [0.717, 1.165) is 16.3 Å². The number of hydrogen-bond acceptors (Lipinski definition) is 3. The first-order valence-corrected chi connectivity index (χ1v) is 5.26. The number of benzene rings is 2. The number of fused-ring (bicyclic) bond motifs is 3. The molecule has 84 valence electrons. The van der Waals surface area contributed by atoms with Gasteiger partial charge in [0, 0.05) is 23.3 Å². The van der Waals surface area contributed by atoms with E-state index >= 15 is 0 Å². The average molecular weight is 226 g/mol. The Kier molecular flexibility index (Phi) is 1.92. The number of phenolic OH excluding ortho intramolecular Hbond substituents is 1. The van der Waals surface area contributed by atoms with Crippen LogP contribution in [0.1, 0.15) is 0 Å². The molecule has 1 heterocycles. The van der Waals surface area contributed by atoms with Gasteiger partial charge in [0.15, 0.2) is 5.69 Å². The summed E-state index contributed by atoms with van der Waals surface area (Å²) in [4.78, 5) is 10.8. The van der Waals surface area contributed by atoms with Crippen LogP contribution in [0.5, 0.6) is 5.75 Å². The summed E-state index contributed by atoms with van der Waals surface area (Å²) in [5, 5.41) is 14.6. The summed E-state index contributed by atoms with van der Waals surface area (Å²) in [7, 11) is 1.86. The molecule has 3 rings (SSSR count). The SMILES string of the molecule is Cn1c2ccccc2c2ccc(O)c(N=O)c21. The van der Waals surface area contributed by atoms with Crippen molar-refractivity contribution in [2.24, 2.45) is 12.2 Å². The van der Waals surface area contributed by atoms with Crippen LogP contribution in [0.3, 0.4) is 0 Å². The number of aromatic nitrogens is 1. The Hall–Kier alpha value is -2.36. The van der Waals surface area contributed by atoms with Gasteiger partial charge in [0.2, 0.25) is 0 Å². The molecule has 2 aromatic carbocycles. The van der Waals surface area contributed by atoms with E-state index in [2.05, 4.69) is 5.18 Å². The molecule has 0 unspecified atom stereocenters. The van der Waals surface area contributed by atoms with Crippen LogP contribution in [-0.2, 0) is 7.05 Å². The highest BCUT2D eigenvalue weighted by Gasteiger charge is 2.14. The van der Waals surface area contributed by atoms with Crippen molar-refractivity contribution in [3.63, 3.8) is 0 Å². The highest BCUT2D eigenvalue weighted by molar-refractivity contribution is 6.12. The van der Waals surface area contributed by atoms with Crippen LogP contribution in [0.15, 0.2) is 41.6 Å². The molecule has 0 aliphatic heterocycles. The molecular formula is C13H10N2O2. The molecule has 0 saturated carbocycles. The van der Waals surface area contributed by atoms with Gasteiger partial charge in [-0.1, -0.05) is 18.2 Å². The molecule has 0 radical (unpaired) electrons. The van der Waals surface area contributed by atoms with E-state index in [4.69, 9.17) is 0 Å². The summed E-state index contributed by atoms with van der Waals surface area (Å²) >= 11 is 0. The van der Waals surface area contributed by atoms with Gasteiger partial charge in [-0.05, 0) is 23.4 Å². The van der Waals surface area contributed by atoms with E-state index in [1.807, 2.05) is 41.9 Å². The minimum Gasteiger partial charge on any atom is -0.505 e. The second-order valence-electron chi connectivity index (χ2n) is 4.00. The Morgan fingerprint density at radius 3 is 2.65 bits per heavy atom. The molecule has 1 N–H and O–H groups in total. The summed E-state index contributed by atoms with van der Waals surface area (Å²) in [6.07, 6.45) is 0. The average Bonchev–Trinajstić information content (AvgIpc) is 2.64. The van der Waals surface area contributed by atoms with E-state index in [9.17, 15) is 10.0 Å². The van der Waals surface area contributed by atoms with E-state index in [0.29, 0.717) is 5.52 Å². The maximum Gasteiger partial charge on any atom is 0.173 e. The molecule has 1 aromatic heterocycles. The Balaban J connectivity index is 2.66. The lowest BCUT2D eigenvalue weighted by atomic mass is 10.1. The van der Waals surface area contributed by atoms with Gasteiger partial charge in [-0.25, -0.2) is 0 Å². The molecule has 0 bridgehead atoms. The molecule has 17 heavy (non-hydrogen) atoms. The number of nitroso groups, excluding NO2 is 1. The summed E-state index contributed by atoms with van der Waals surface area (Å²) in [5.41, 5.74) is 1.78. The van der Waals surface area contributed by atoms with Gasteiger partial charge >= 0.3 is 0 Å². The standard InChI is InChI=1S/C13H10N2O2/c1-15-10-5-3-2-4-8(10)9-6-7-11(16)12(14-17)13(9)15/h2-7,16H,1H3. The van der Waals surface area contributed by atoms with Crippen molar-refractivity contribution < 1.29 is 5.11 Å². The Morgan fingerprint density at radius 1 is 1.12 bits per heavy atom. The zero-order valence-electron chi connectivity index (χ0n) is 9.21. The second kappa shape index (κ2) is 3.31. The minimum atomic E-state index is -0.0848. The molecule has 0 fully saturated rings. The third kappa shape index (κ3) is 1.18. The maximum atomic E-state index is 10.8. The first-order valence-electron chi connectivity index (χ1n) is 5.26. The van der Waals surface area contributed by atoms with E-state index in [1.54, 1.807) is 0 Å². The Morgan fingerprint density at radius 2 is 1.88 bits per heavy atom. The predicted molar refractivity (Wildman–Crippen MR) is 67.5 cm³/mol. The van der Waals surface area contributed by atoms with Crippen LogP contribution in [0.4, 0.5) is 5.69 Å². The van der Waals surface area contributed by atoms with Crippen molar-refractivity contribution in [2.75, 3.05) is 0 Å². The third-order valence-corrected chi connectivity index (χ3v) is 3.11. The largest absolute Gasteiger partial charge is 0.505 e. The van der Waals surface area contributed by atoms with Gasteiger partial charge in [0.05, 0.1) is 5.52 Å². The summed E-state index contributed by atoms with van der Waals surface area (Å²) in [6, 6.07) is 11.2. The van der Waals surface area contributed by atoms with Crippen LogP contribution in [0, 0.1) is 4.91 Å². The zero-order chi connectivity index (χ0) is 12.0. The van der Waals surface area contributed by atoms with Crippen molar-refractivity contribution in [3.05, 3.63) is 41.3 Å². The first-order chi connectivity index (χ1) is 8.24. The third-order valence-electron chi connectivity index (χ3n) is 3.11. The van der Waals surface area contributed by atoms with Gasteiger partial charge in [0.1, 0.15) is 5.75 Å². The lowest BCUT2D eigenvalue weighted by Crippen LogP contribution is -1.86. The molecule has 0 amide bonds. The topological polar surface area (TPSA) is 54.6 Å². The van der Waals surface area contributed by atoms with Crippen LogP contribution < -0.4 is 0 Å². The predicted octanol–water partition coefficient (Wildman–Crippen LogP) is 3.44. The number of aromatic hydroxyl groups is 1. The van der Waals surface area contributed by atoms with Crippen molar-refractivity contribution in [2.45, 2.75) is 0 Å². The van der Waals surface area contributed by atoms with E-state index in [-0.39, 0.29) is 11.4 Å². The van der Waals surface area contributed by atoms with Gasteiger partial charge in [0.25, 0.3) is 0 Å². The smallest absolute Gasteiger partial charge is 0.173 e. The number of para-hydroxylation sites is 1. The van der Waals surface area contributed by atoms with Crippen molar-refractivity contribution in [1.82, 2.24) is 4.57 Å². The van der Waals surface area contributed by atoms with Crippen molar-refractivity contribution in [3.8, 4) is 5.75 Å². The molecule has 0 saturated heterocycles. The van der Waals surface area contributed by atoms with Crippen LogP contribution in [0.2, 0.25) is 0 Å². The summed E-state index contributed by atoms with van der Waals surface area (Å²) in [5.74, 6) is -0.0848. The Bertz CT molecular complexity index is 744. The van der Waals surface area contributed by atoms with Gasteiger partial charge in [-0.15, -0.1) is 4.91 Å². The molecule has 0 aliphatic rings. The molecule has 4 nitrogen and oxygen atoms in total. The number of rotatable bonds is 1. The molecule has 0 atom stereocenters. The number of phenols is 1. The number of aryl methyl sites for hydroxylation is 1. The lowest BCUT2D eigenvalue weighted by Gasteiger charge is -2.01. The fourth-order valence-corrected chi connectivity index (χ4v) is 2.33. The minimum absolute atomic E-state index is 0.0848. The van der Waals surface area contributed by atoms with Crippen LogP contribution in [-0.4, -0.2) is 9.67 Å². The fourth-order valence-electron chi connectivity index (χ4n) is 2.33. The molecule has 4 heteroatoms. The molecule has 0 spiro atoms. The monoisotopic (exact) mass is 226 g/mol. The molecule has 0 aliphatic carbocycles. The fraction of sp³-hybridized carbons (Fsp3) is 0.0769. The van der Waals surface area contributed by atoms with Crippen molar-refractivity contribution in [1.29, 1.82) is 0 Å². The maximum absolute atomic E-state index is 10.8. The highest BCUT2D eigenvalue weighted by Crippen LogP contribution is 2.39. The second-order valence-corrected chi connectivity index (χ2v) is 4.00. The normalized spacial score (nSPS) is 11.1. The van der Waals surface area contributed by atoms with Gasteiger partial charge in [-0.3, -0.25) is 0 Å². The molecular weight excluding hydrogens is 216 g/mol. The van der Waals surface area contributed by atoms with Crippen molar-refractivity contribution >= 4 is 27.5 Å². The Labute approximate surface area is 97.1 Å². The summed E-state index contributed by atoms with van der Waals surface area (Å²) in [6.45, 7) is 0. The van der Waals surface area contributed by atoms with Gasteiger partial charge < -0.3 is 9.67 Å². The van der Waals surface area contributed by atoms with E-state index < -0.39 is 0 Å². The highest BCUT2D eigenvalue weighted by atomic mass is 16.3. The number of hydrogen-bond donors (Lipinski definition) is 1.